The SMILES string of the molecule is CCc1c(-c2cccc3cccc(CCCF)c23)ncc2c(N3CC4CCC(C3)N4)nc(OCC34CCCN3CCC4)nc12. The fourth-order valence-corrected chi connectivity index (χ4v) is 8.69. The Labute approximate surface area is 259 Å². The number of halogens is 1. The predicted octanol–water partition coefficient (Wildman–Crippen LogP) is 6.26. The zero-order valence-corrected chi connectivity index (χ0v) is 25.8. The molecule has 8 rings (SSSR count). The number of alkyl halides is 1. The average Bonchev–Trinajstić information content (AvgIpc) is 3.74. The van der Waals surface area contributed by atoms with Crippen molar-refractivity contribution in [3.05, 3.63) is 53.7 Å². The first-order valence-electron chi connectivity index (χ1n) is 16.8. The minimum absolute atomic E-state index is 0.128. The van der Waals surface area contributed by atoms with Gasteiger partial charge in [-0.2, -0.15) is 9.97 Å². The van der Waals surface area contributed by atoms with E-state index in [1.165, 1.54) is 57.2 Å². The molecule has 2 unspecified atom stereocenters. The highest BCUT2D eigenvalue weighted by molar-refractivity contribution is 6.02. The number of anilines is 1. The third kappa shape index (κ3) is 4.81. The quantitative estimate of drug-likeness (QED) is 0.246. The lowest BCUT2D eigenvalue weighted by molar-refractivity contribution is 0.108. The predicted molar refractivity (Wildman–Crippen MR) is 174 cm³/mol. The van der Waals surface area contributed by atoms with Crippen LogP contribution in [-0.4, -0.2) is 76.9 Å². The van der Waals surface area contributed by atoms with Gasteiger partial charge in [-0.25, -0.2) is 0 Å². The molecule has 1 N–H and O–H groups in total. The van der Waals surface area contributed by atoms with Gasteiger partial charge >= 0.3 is 6.01 Å². The van der Waals surface area contributed by atoms with Crippen LogP contribution in [0.3, 0.4) is 0 Å². The van der Waals surface area contributed by atoms with E-state index in [0.717, 1.165) is 63.8 Å². The van der Waals surface area contributed by atoms with Gasteiger partial charge < -0.3 is 15.0 Å². The van der Waals surface area contributed by atoms with E-state index >= 15 is 0 Å². The van der Waals surface area contributed by atoms with E-state index in [1.807, 2.05) is 6.20 Å². The van der Waals surface area contributed by atoms with Crippen molar-refractivity contribution in [3.8, 4) is 17.3 Å². The molecule has 4 saturated heterocycles. The number of ether oxygens (including phenoxy) is 1. The van der Waals surface area contributed by atoms with Crippen molar-refractivity contribution in [3.63, 3.8) is 0 Å². The van der Waals surface area contributed by atoms with Gasteiger partial charge in [0.25, 0.3) is 0 Å². The minimum atomic E-state index is -0.317. The molecule has 230 valence electrons. The van der Waals surface area contributed by atoms with E-state index < -0.39 is 0 Å². The number of piperazine rings is 1. The Bertz CT molecular complexity index is 1670. The summed E-state index contributed by atoms with van der Waals surface area (Å²) in [5.74, 6) is 0.950. The first-order chi connectivity index (χ1) is 21.7. The summed E-state index contributed by atoms with van der Waals surface area (Å²) in [7, 11) is 0. The van der Waals surface area contributed by atoms with Gasteiger partial charge in [0.2, 0.25) is 0 Å². The molecule has 0 radical (unpaired) electrons. The Morgan fingerprint density at radius 2 is 1.80 bits per heavy atom. The number of pyridine rings is 1. The Balaban J connectivity index is 1.27. The molecule has 2 aromatic heterocycles. The van der Waals surface area contributed by atoms with E-state index in [9.17, 15) is 4.39 Å². The van der Waals surface area contributed by atoms with Gasteiger partial charge in [0.1, 0.15) is 12.4 Å². The lowest BCUT2D eigenvalue weighted by Gasteiger charge is -2.35. The standard InChI is InChI=1S/C36H43FN6O/c1-2-28-32(29-12-4-10-24-8-3-9-25(31(24)29)11-5-17-37)38-20-30-33(28)40-35(44-23-36-15-6-18-43(36)19-7-16-36)41-34(30)42-21-26-13-14-27(22-42)39-26/h3-4,8-10,12,20,26-27,39H,2,5-7,11,13-19,21-23H2,1H3. The number of nitrogens with one attached hydrogen (secondary N) is 1. The number of rotatable bonds is 9. The molecule has 0 aliphatic carbocycles. The second kappa shape index (κ2) is 11.5. The van der Waals surface area contributed by atoms with Crippen molar-refractivity contribution in [2.24, 2.45) is 0 Å². The smallest absolute Gasteiger partial charge is 0.319 e. The van der Waals surface area contributed by atoms with Gasteiger partial charge in [-0.15, -0.1) is 0 Å². The van der Waals surface area contributed by atoms with Crippen molar-refractivity contribution in [2.75, 3.05) is 44.4 Å². The first-order valence-corrected chi connectivity index (χ1v) is 16.8. The van der Waals surface area contributed by atoms with Crippen LogP contribution in [0, 0.1) is 0 Å². The topological polar surface area (TPSA) is 66.4 Å². The van der Waals surface area contributed by atoms with E-state index in [2.05, 4.69) is 58.4 Å². The van der Waals surface area contributed by atoms with Crippen LogP contribution in [0.1, 0.15) is 63.0 Å². The molecule has 0 spiro atoms. The molecule has 44 heavy (non-hydrogen) atoms. The molecule has 2 aromatic carbocycles. The second-order valence-corrected chi connectivity index (χ2v) is 13.4. The van der Waals surface area contributed by atoms with Gasteiger partial charge in [-0.3, -0.25) is 14.3 Å². The summed E-state index contributed by atoms with van der Waals surface area (Å²) < 4.78 is 19.9. The summed E-state index contributed by atoms with van der Waals surface area (Å²) in [6, 6.07) is 14.2. The Kier molecular flexibility index (Phi) is 7.37. The van der Waals surface area contributed by atoms with Crippen LogP contribution in [0.4, 0.5) is 10.2 Å². The van der Waals surface area contributed by atoms with Crippen LogP contribution in [0.25, 0.3) is 32.9 Å². The monoisotopic (exact) mass is 594 g/mol. The Morgan fingerprint density at radius 1 is 1.02 bits per heavy atom. The summed E-state index contributed by atoms with van der Waals surface area (Å²) in [5, 5.41) is 7.09. The maximum atomic E-state index is 13.3. The average molecular weight is 595 g/mol. The van der Waals surface area contributed by atoms with E-state index in [4.69, 9.17) is 19.7 Å². The molecular weight excluding hydrogens is 551 g/mol. The van der Waals surface area contributed by atoms with Crippen LogP contribution >= 0.6 is 0 Å². The molecule has 0 saturated carbocycles. The zero-order valence-electron chi connectivity index (χ0n) is 25.8. The number of benzene rings is 2. The lowest BCUT2D eigenvalue weighted by atomic mass is 9.92. The summed E-state index contributed by atoms with van der Waals surface area (Å²) >= 11 is 0. The summed E-state index contributed by atoms with van der Waals surface area (Å²) in [6.07, 6.45) is 11.3. The summed E-state index contributed by atoms with van der Waals surface area (Å²) in [5.41, 5.74) is 5.39. The van der Waals surface area contributed by atoms with Crippen molar-refractivity contribution in [2.45, 2.75) is 82.3 Å². The molecule has 2 atom stereocenters. The van der Waals surface area contributed by atoms with Crippen molar-refractivity contribution < 1.29 is 9.13 Å². The van der Waals surface area contributed by atoms with Crippen LogP contribution in [0.5, 0.6) is 6.01 Å². The second-order valence-electron chi connectivity index (χ2n) is 13.4. The zero-order chi connectivity index (χ0) is 29.7. The van der Waals surface area contributed by atoms with Crippen molar-refractivity contribution >= 4 is 27.5 Å². The molecule has 0 amide bonds. The molecule has 7 nitrogen and oxygen atoms in total. The van der Waals surface area contributed by atoms with E-state index in [1.54, 1.807) is 0 Å². The maximum Gasteiger partial charge on any atom is 0.319 e. The molecule has 2 bridgehead atoms. The third-order valence-electron chi connectivity index (χ3n) is 10.8. The Morgan fingerprint density at radius 3 is 2.55 bits per heavy atom. The van der Waals surface area contributed by atoms with Crippen LogP contribution < -0.4 is 15.0 Å². The molecule has 4 aliphatic rings. The fourth-order valence-electron chi connectivity index (χ4n) is 8.69. The molecule has 4 fully saturated rings. The highest BCUT2D eigenvalue weighted by Crippen LogP contribution is 2.41. The third-order valence-corrected chi connectivity index (χ3v) is 10.8. The largest absolute Gasteiger partial charge is 0.461 e. The number of fused-ring (bicyclic) bond motifs is 5. The van der Waals surface area contributed by atoms with Gasteiger partial charge in [-0.1, -0.05) is 43.3 Å². The molecular formula is C36H43FN6O. The highest BCUT2D eigenvalue weighted by Gasteiger charge is 2.45. The number of hydrogen-bond donors (Lipinski definition) is 1. The maximum absolute atomic E-state index is 13.3. The number of nitrogens with zero attached hydrogens (tertiary/aromatic N) is 5. The molecule has 4 aromatic rings. The van der Waals surface area contributed by atoms with Crippen LogP contribution in [0.15, 0.2) is 42.6 Å². The van der Waals surface area contributed by atoms with Gasteiger partial charge in [0.05, 0.1) is 28.8 Å². The van der Waals surface area contributed by atoms with Crippen LogP contribution in [-0.2, 0) is 12.8 Å². The molecule has 6 heterocycles. The summed E-state index contributed by atoms with van der Waals surface area (Å²) in [4.78, 5) is 20.6. The Hall–Kier alpha value is -3.36. The fraction of sp³-hybridized carbons (Fsp3) is 0.528. The number of aromatic nitrogens is 3. The number of aryl methyl sites for hydroxylation is 2. The van der Waals surface area contributed by atoms with Crippen LogP contribution in [0.2, 0.25) is 0 Å². The van der Waals surface area contributed by atoms with Crippen molar-refractivity contribution in [1.29, 1.82) is 0 Å². The van der Waals surface area contributed by atoms with Gasteiger partial charge in [0.15, 0.2) is 0 Å². The number of hydrogen-bond acceptors (Lipinski definition) is 7. The van der Waals surface area contributed by atoms with E-state index in [0.29, 0.717) is 37.5 Å². The molecule has 4 aliphatic heterocycles. The van der Waals surface area contributed by atoms with Gasteiger partial charge in [0, 0.05) is 42.5 Å². The minimum Gasteiger partial charge on any atom is -0.461 e. The van der Waals surface area contributed by atoms with Gasteiger partial charge in [-0.05, 0) is 87.2 Å². The lowest BCUT2D eigenvalue weighted by Crippen LogP contribution is -2.51. The molecule has 8 heteroatoms. The van der Waals surface area contributed by atoms with E-state index in [-0.39, 0.29) is 12.2 Å². The first kappa shape index (κ1) is 28.1. The highest BCUT2D eigenvalue weighted by atomic mass is 19.1. The normalized spacial score (nSPS) is 22.7. The summed E-state index contributed by atoms with van der Waals surface area (Å²) in [6.45, 7) is 6.73. The van der Waals surface area contributed by atoms with Crippen molar-refractivity contribution in [1.82, 2.24) is 25.2 Å².